The first-order valence-corrected chi connectivity index (χ1v) is 8.29. The molecule has 21 heavy (non-hydrogen) atoms. The van der Waals surface area contributed by atoms with Gasteiger partial charge in [-0.25, -0.2) is 0 Å². The van der Waals surface area contributed by atoms with Crippen LogP contribution in [0.4, 0.5) is 0 Å². The summed E-state index contributed by atoms with van der Waals surface area (Å²) in [6.07, 6.45) is 3.04. The van der Waals surface area contributed by atoms with Crippen molar-refractivity contribution >= 4 is 21.4 Å². The van der Waals surface area contributed by atoms with Crippen molar-refractivity contribution in [2.75, 3.05) is 6.54 Å². The Bertz CT molecular complexity index is 727. The van der Waals surface area contributed by atoms with Gasteiger partial charge in [0.05, 0.1) is 6.54 Å². The first-order chi connectivity index (χ1) is 10.3. The molecule has 1 N–H and O–H groups in total. The van der Waals surface area contributed by atoms with E-state index >= 15 is 0 Å². The second-order valence-corrected chi connectivity index (χ2v) is 6.44. The monoisotopic (exact) mass is 299 g/mol. The molecule has 0 radical (unpaired) electrons. The maximum atomic E-state index is 4.44. The fourth-order valence-electron chi connectivity index (χ4n) is 2.56. The lowest BCUT2D eigenvalue weighted by molar-refractivity contribution is 0.648. The van der Waals surface area contributed by atoms with E-state index in [1.165, 1.54) is 32.6 Å². The fourth-order valence-corrected chi connectivity index (χ4v) is 3.74. The molecule has 0 aliphatic rings. The van der Waals surface area contributed by atoms with E-state index in [4.69, 9.17) is 0 Å². The highest BCUT2D eigenvalue weighted by atomic mass is 32.1. The number of hydrogen-bond acceptors (Lipinski definition) is 3. The van der Waals surface area contributed by atoms with Gasteiger partial charge in [-0.05, 0) is 43.0 Å². The molecule has 0 atom stereocenters. The molecule has 0 unspecified atom stereocenters. The van der Waals surface area contributed by atoms with Gasteiger partial charge in [-0.2, -0.15) is 5.10 Å². The highest BCUT2D eigenvalue weighted by Gasteiger charge is 2.13. The van der Waals surface area contributed by atoms with Crippen LogP contribution in [0.2, 0.25) is 0 Å². The third kappa shape index (κ3) is 3.01. The van der Waals surface area contributed by atoms with Gasteiger partial charge in [0.2, 0.25) is 0 Å². The summed E-state index contributed by atoms with van der Waals surface area (Å²) in [5, 5.41) is 9.33. The molecule has 2 aromatic heterocycles. The number of nitrogens with zero attached hydrogens (tertiary/aromatic N) is 2. The molecule has 3 rings (SSSR count). The highest BCUT2D eigenvalue weighted by Crippen LogP contribution is 2.32. The first kappa shape index (κ1) is 14.3. The Labute approximate surface area is 129 Å². The van der Waals surface area contributed by atoms with Crippen molar-refractivity contribution in [3.05, 3.63) is 52.7 Å². The topological polar surface area (TPSA) is 29.9 Å². The summed E-state index contributed by atoms with van der Waals surface area (Å²) < 4.78 is 3.45. The van der Waals surface area contributed by atoms with Crippen LogP contribution in [0.15, 0.2) is 36.5 Å². The summed E-state index contributed by atoms with van der Waals surface area (Å²) >= 11 is 1.90. The van der Waals surface area contributed by atoms with E-state index in [0.717, 1.165) is 19.6 Å². The number of rotatable bonds is 6. The number of aromatic nitrogens is 2. The van der Waals surface area contributed by atoms with E-state index < -0.39 is 0 Å². The quantitative estimate of drug-likeness (QED) is 0.698. The standard InChI is InChI=1S/C17H21N3S/c1-3-9-18-11-17-15(12-20-13(2)8-10-19-20)14-6-4-5-7-16(14)21-17/h4-8,10,18H,3,9,11-12H2,1-2H3. The SMILES string of the molecule is CCCNCc1sc2ccccc2c1Cn1nccc1C. The zero-order valence-electron chi connectivity index (χ0n) is 12.6. The van der Waals surface area contributed by atoms with Crippen LogP contribution in [-0.2, 0) is 13.1 Å². The Hall–Kier alpha value is -1.65. The Morgan fingerprint density at radius 3 is 2.86 bits per heavy atom. The lowest BCUT2D eigenvalue weighted by Gasteiger charge is -2.08. The number of benzene rings is 1. The van der Waals surface area contributed by atoms with Gasteiger partial charge in [0.15, 0.2) is 0 Å². The lowest BCUT2D eigenvalue weighted by Crippen LogP contribution is -2.14. The zero-order valence-corrected chi connectivity index (χ0v) is 13.4. The molecule has 0 amide bonds. The molecule has 110 valence electrons. The molecule has 4 heteroatoms. The van der Waals surface area contributed by atoms with Gasteiger partial charge < -0.3 is 5.32 Å². The van der Waals surface area contributed by atoms with E-state index in [-0.39, 0.29) is 0 Å². The van der Waals surface area contributed by atoms with E-state index in [9.17, 15) is 0 Å². The second kappa shape index (κ2) is 6.41. The molecule has 0 aliphatic heterocycles. The molecular weight excluding hydrogens is 278 g/mol. The Morgan fingerprint density at radius 1 is 1.24 bits per heavy atom. The molecule has 0 aliphatic carbocycles. The second-order valence-electron chi connectivity index (χ2n) is 5.31. The first-order valence-electron chi connectivity index (χ1n) is 7.48. The fraction of sp³-hybridized carbons (Fsp3) is 0.353. The molecule has 1 aromatic carbocycles. The molecule has 0 saturated carbocycles. The van der Waals surface area contributed by atoms with Gasteiger partial charge >= 0.3 is 0 Å². The molecule has 2 heterocycles. The number of thiophene rings is 1. The third-order valence-electron chi connectivity index (χ3n) is 3.73. The maximum absolute atomic E-state index is 4.44. The van der Waals surface area contributed by atoms with Crippen molar-refractivity contribution in [1.82, 2.24) is 15.1 Å². The van der Waals surface area contributed by atoms with E-state index in [0.29, 0.717) is 0 Å². The maximum Gasteiger partial charge on any atom is 0.0679 e. The van der Waals surface area contributed by atoms with Crippen molar-refractivity contribution in [3.63, 3.8) is 0 Å². The van der Waals surface area contributed by atoms with Crippen LogP contribution < -0.4 is 5.32 Å². The minimum Gasteiger partial charge on any atom is -0.312 e. The van der Waals surface area contributed by atoms with Gasteiger partial charge in [-0.15, -0.1) is 11.3 Å². The van der Waals surface area contributed by atoms with Gasteiger partial charge in [-0.3, -0.25) is 4.68 Å². The summed E-state index contributed by atoms with van der Waals surface area (Å²) in [5.74, 6) is 0. The lowest BCUT2D eigenvalue weighted by atomic mass is 10.1. The minimum atomic E-state index is 0.853. The Balaban J connectivity index is 1.96. The van der Waals surface area contributed by atoms with Crippen molar-refractivity contribution in [2.45, 2.75) is 33.4 Å². The van der Waals surface area contributed by atoms with Gasteiger partial charge in [-0.1, -0.05) is 25.1 Å². The zero-order chi connectivity index (χ0) is 14.7. The summed E-state index contributed by atoms with van der Waals surface area (Å²) in [6, 6.07) is 10.7. The predicted molar refractivity (Wildman–Crippen MR) is 89.9 cm³/mol. The molecule has 0 bridgehead atoms. The smallest absolute Gasteiger partial charge is 0.0679 e. The molecule has 0 saturated heterocycles. The molecule has 3 aromatic rings. The molecular formula is C17H21N3S. The predicted octanol–water partition coefficient (Wildman–Crippen LogP) is 3.95. The average molecular weight is 299 g/mol. The van der Waals surface area contributed by atoms with Crippen molar-refractivity contribution < 1.29 is 0 Å². The van der Waals surface area contributed by atoms with E-state index in [1.54, 1.807) is 0 Å². The number of aryl methyl sites for hydroxylation is 1. The number of hydrogen-bond donors (Lipinski definition) is 1. The van der Waals surface area contributed by atoms with Gasteiger partial charge in [0.1, 0.15) is 0 Å². The van der Waals surface area contributed by atoms with Crippen LogP contribution in [0, 0.1) is 6.92 Å². The van der Waals surface area contributed by atoms with Crippen LogP contribution in [0.5, 0.6) is 0 Å². The van der Waals surface area contributed by atoms with Crippen LogP contribution in [-0.4, -0.2) is 16.3 Å². The minimum absolute atomic E-state index is 0.853. The summed E-state index contributed by atoms with van der Waals surface area (Å²) in [5.41, 5.74) is 2.61. The number of nitrogens with one attached hydrogen (secondary N) is 1. The van der Waals surface area contributed by atoms with Crippen LogP contribution >= 0.6 is 11.3 Å². The van der Waals surface area contributed by atoms with Crippen molar-refractivity contribution in [3.8, 4) is 0 Å². The third-order valence-corrected chi connectivity index (χ3v) is 4.94. The van der Waals surface area contributed by atoms with Crippen LogP contribution in [0.1, 0.15) is 29.5 Å². The van der Waals surface area contributed by atoms with E-state index in [2.05, 4.69) is 59.3 Å². The molecule has 3 nitrogen and oxygen atoms in total. The summed E-state index contributed by atoms with van der Waals surface area (Å²) in [6.45, 7) is 7.17. The van der Waals surface area contributed by atoms with E-state index in [1.807, 2.05) is 17.5 Å². The molecule has 0 fully saturated rings. The van der Waals surface area contributed by atoms with Gasteiger partial charge in [0.25, 0.3) is 0 Å². The van der Waals surface area contributed by atoms with Crippen molar-refractivity contribution in [2.24, 2.45) is 0 Å². The Kier molecular flexibility index (Phi) is 4.36. The van der Waals surface area contributed by atoms with Crippen molar-refractivity contribution in [1.29, 1.82) is 0 Å². The molecule has 0 spiro atoms. The summed E-state index contributed by atoms with van der Waals surface area (Å²) in [7, 11) is 0. The van der Waals surface area contributed by atoms with Crippen LogP contribution in [0.3, 0.4) is 0 Å². The largest absolute Gasteiger partial charge is 0.312 e. The average Bonchev–Trinajstić information content (AvgIpc) is 3.05. The number of fused-ring (bicyclic) bond motifs is 1. The normalized spacial score (nSPS) is 11.3. The van der Waals surface area contributed by atoms with Gasteiger partial charge in [0, 0.05) is 28.0 Å². The Morgan fingerprint density at radius 2 is 2.10 bits per heavy atom. The summed E-state index contributed by atoms with van der Waals surface area (Å²) in [4.78, 5) is 1.43. The van der Waals surface area contributed by atoms with Crippen LogP contribution in [0.25, 0.3) is 10.1 Å². The highest BCUT2D eigenvalue weighted by molar-refractivity contribution is 7.19.